The van der Waals surface area contributed by atoms with Crippen molar-refractivity contribution in [3.8, 4) is 0 Å². The van der Waals surface area contributed by atoms with E-state index >= 15 is 0 Å². The molecule has 0 amide bonds. The second-order valence-corrected chi connectivity index (χ2v) is 2.32. The monoisotopic (exact) mass is 125 g/mol. The molecular formula is C5H9N4+. The number of hydrazine groups is 1. The van der Waals surface area contributed by atoms with Crippen molar-refractivity contribution in [3.63, 3.8) is 0 Å². The van der Waals surface area contributed by atoms with Gasteiger partial charge in [-0.3, -0.25) is 5.84 Å². The average Bonchev–Trinajstić information content (AvgIpc) is 2.22. The fraction of sp³-hybridized carbons (Fsp3) is 0.400. The first-order chi connectivity index (χ1) is 4.36. The smallest absolute Gasteiger partial charge is 0.197 e. The normalized spacial score (nSPS) is 18.3. The van der Waals surface area contributed by atoms with Crippen LogP contribution < -0.4 is 10.9 Å². The van der Waals surface area contributed by atoms with E-state index in [1.807, 2.05) is 6.20 Å². The molecule has 48 valence electrons. The topological polar surface area (TPSA) is 59.2 Å². The van der Waals surface area contributed by atoms with Crippen LogP contribution in [0.1, 0.15) is 11.3 Å². The van der Waals surface area contributed by atoms with Gasteiger partial charge in [0.25, 0.3) is 0 Å². The first-order valence-corrected chi connectivity index (χ1v) is 2.93. The van der Waals surface area contributed by atoms with E-state index in [4.69, 9.17) is 5.84 Å². The maximum absolute atomic E-state index is 5.53. The van der Waals surface area contributed by atoms with Gasteiger partial charge in [-0.05, 0) is 0 Å². The SMILES string of the molecule is NN1Cc2c[nH+][nH]c2C1. The molecule has 1 aromatic rings. The summed E-state index contributed by atoms with van der Waals surface area (Å²) in [6, 6.07) is 0. The van der Waals surface area contributed by atoms with Crippen LogP contribution in [0.4, 0.5) is 0 Å². The van der Waals surface area contributed by atoms with E-state index in [2.05, 4.69) is 10.2 Å². The average molecular weight is 125 g/mol. The second kappa shape index (κ2) is 1.55. The standard InChI is InChI=1S/C5H8N4/c6-9-2-4-1-7-8-5(4)3-9/h1H,2-3,6H2,(H,7,8)/p+1. The number of aromatic amines is 2. The van der Waals surface area contributed by atoms with E-state index in [-0.39, 0.29) is 0 Å². The van der Waals surface area contributed by atoms with Crippen LogP contribution in [0.3, 0.4) is 0 Å². The molecule has 0 aromatic carbocycles. The van der Waals surface area contributed by atoms with Gasteiger partial charge in [0.2, 0.25) is 0 Å². The van der Waals surface area contributed by atoms with Gasteiger partial charge in [0, 0.05) is 6.54 Å². The molecule has 4 nitrogen and oxygen atoms in total. The summed E-state index contributed by atoms with van der Waals surface area (Å²) in [6.45, 7) is 1.69. The van der Waals surface area contributed by atoms with Gasteiger partial charge in [-0.15, -0.1) is 5.10 Å². The fourth-order valence-electron chi connectivity index (χ4n) is 1.14. The Morgan fingerprint density at radius 3 is 3.33 bits per heavy atom. The van der Waals surface area contributed by atoms with E-state index < -0.39 is 0 Å². The van der Waals surface area contributed by atoms with E-state index in [0.29, 0.717) is 0 Å². The van der Waals surface area contributed by atoms with Crippen molar-refractivity contribution >= 4 is 0 Å². The van der Waals surface area contributed by atoms with Crippen molar-refractivity contribution in [2.45, 2.75) is 13.1 Å². The van der Waals surface area contributed by atoms with Crippen LogP contribution in [0.15, 0.2) is 6.20 Å². The molecule has 0 aliphatic carbocycles. The van der Waals surface area contributed by atoms with E-state index in [9.17, 15) is 0 Å². The summed E-state index contributed by atoms with van der Waals surface area (Å²) in [4.78, 5) is 0. The Balaban J connectivity index is 2.39. The molecule has 0 saturated carbocycles. The zero-order valence-electron chi connectivity index (χ0n) is 5.02. The molecular weight excluding hydrogens is 116 g/mol. The lowest BCUT2D eigenvalue weighted by molar-refractivity contribution is -0.450. The minimum absolute atomic E-state index is 0.832. The van der Waals surface area contributed by atoms with Gasteiger partial charge in [-0.1, -0.05) is 0 Å². The molecule has 0 radical (unpaired) electrons. The molecule has 4 heteroatoms. The molecule has 0 unspecified atom stereocenters. The maximum Gasteiger partial charge on any atom is 0.197 e. The van der Waals surface area contributed by atoms with Gasteiger partial charge in [-0.25, -0.2) is 5.01 Å². The molecule has 1 aliphatic rings. The molecule has 0 bridgehead atoms. The van der Waals surface area contributed by atoms with Crippen molar-refractivity contribution in [1.29, 1.82) is 0 Å². The van der Waals surface area contributed by atoms with Gasteiger partial charge in [-0.2, -0.15) is 5.10 Å². The summed E-state index contributed by atoms with van der Waals surface area (Å²) in [7, 11) is 0. The van der Waals surface area contributed by atoms with Crippen LogP contribution in [0.25, 0.3) is 0 Å². The zero-order valence-corrected chi connectivity index (χ0v) is 5.02. The zero-order chi connectivity index (χ0) is 6.27. The molecule has 0 saturated heterocycles. The van der Waals surface area contributed by atoms with Crippen molar-refractivity contribution in [3.05, 3.63) is 17.5 Å². The minimum Gasteiger partial charge on any atom is -0.268 e. The van der Waals surface area contributed by atoms with Crippen molar-refractivity contribution in [2.24, 2.45) is 5.84 Å². The predicted octanol–water partition coefficient (Wildman–Crippen LogP) is -0.982. The predicted molar refractivity (Wildman–Crippen MR) is 30.8 cm³/mol. The lowest BCUT2D eigenvalue weighted by Crippen LogP contribution is -2.25. The number of rotatable bonds is 0. The molecule has 1 aromatic heterocycles. The molecule has 1 aliphatic heterocycles. The Bertz CT molecular complexity index is 196. The number of fused-ring (bicyclic) bond motifs is 1. The number of H-pyrrole nitrogens is 2. The lowest BCUT2D eigenvalue weighted by Gasteiger charge is -2.02. The second-order valence-electron chi connectivity index (χ2n) is 2.32. The number of nitrogens with two attached hydrogens (primary N) is 1. The molecule has 2 rings (SSSR count). The third-order valence-corrected chi connectivity index (χ3v) is 1.59. The van der Waals surface area contributed by atoms with Gasteiger partial charge in [0.05, 0.1) is 17.8 Å². The number of nitrogens with one attached hydrogen (secondary N) is 2. The van der Waals surface area contributed by atoms with E-state index in [1.54, 1.807) is 5.01 Å². The van der Waals surface area contributed by atoms with Gasteiger partial charge in [0.1, 0.15) is 0 Å². The molecule has 0 spiro atoms. The van der Waals surface area contributed by atoms with Crippen LogP contribution in [-0.2, 0) is 13.1 Å². The first kappa shape index (κ1) is 4.96. The van der Waals surface area contributed by atoms with Gasteiger partial charge >= 0.3 is 0 Å². The van der Waals surface area contributed by atoms with Crippen LogP contribution in [-0.4, -0.2) is 10.1 Å². The van der Waals surface area contributed by atoms with Crippen molar-refractivity contribution in [1.82, 2.24) is 10.1 Å². The summed E-state index contributed by atoms with van der Waals surface area (Å²) in [6.07, 6.45) is 1.95. The van der Waals surface area contributed by atoms with Crippen LogP contribution in [0.5, 0.6) is 0 Å². The molecule has 0 fully saturated rings. The summed E-state index contributed by atoms with van der Waals surface area (Å²) >= 11 is 0. The van der Waals surface area contributed by atoms with Crippen LogP contribution in [0.2, 0.25) is 0 Å². The highest BCUT2D eigenvalue weighted by atomic mass is 15.4. The molecule has 0 atom stereocenters. The summed E-state index contributed by atoms with van der Waals surface area (Å²) < 4.78 is 0. The first-order valence-electron chi connectivity index (χ1n) is 2.93. The third-order valence-electron chi connectivity index (χ3n) is 1.59. The lowest BCUT2D eigenvalue weighted by atomic mass is 10.3. The highest BCUT2D eigenvalue weighted by Gasteiger charge is 2.19. The Morgan fingerprint density at radius 1 is 1.67 bits per heavy atom. The number of nitrogens with zero attached hydrogens (tertiary/aromatic N) is 1. The summed E-state index contributed by atoms with van der Waals surface area (Å²) in [5.74, 6) is 5.53. The molecule has 2 heterocycles. The number of hydrogen-bond acceptors (Lipinski definition) is 2. The Morgan fingerprint density at radius 2 is 2.56 bits per heavy atom. The molecule has 9 heavy (non-hydrogen) atoms. The fourth-order valence-corrected chi connectivity index (χ4v) is 1.14. The largest absolute Gasteiger partial charge is 0.268 e. The van der Waals surface area contributed by atoms with E-state index in [0.717, 1.165) is 13.1 Å². The highest BCUT2D eigenvalue weighted by Crippen LogP contribution is 2.14. The highest BCUT2D eigenvalue weighted by molar-refractivity contribution is 5.17. The minimum atomic E-state index is 0.832. The summed E-state index contributed by atoms with van der Waals surface area (Å²) in [5.41, 5.74) is 2.48. The quantitative estimate of drug-likeness (QED) is 0.438. The van der Waals surface area contributed by atoms with Crippen LogP contribution >= 0.6 is 0 Å². The Labute approximate surface area is 52.6 Å². The number of hydrogen-bond donors (Lipinski definition) is 2. The van der Waals surface area contributed by atoms with E-state index in [1.165, 1.54) is 11.3 Å². The van der Waals surface area contributed by atoms with Crippen molar-refractivity contribution in [2.75, 3.05) is 0 Å². The summed E-state index contributed by atoms with van der Waals surface area (Å²) in [5, 5.41) is 7.69. The molecule has 4 N–H and O–H groups in total. The Hall–Kier alpha value is -0.870. The third kappa shape index (κ3) is 0.639. The van der Waals surface area contributed by atoms with Crippen LogP contribution in [0, 0.1) is 0 Å². The maximum atomic E-state index is 5.53. The van der Waals surface area contributed by atoms with Gasteiger partial charge in [0.15, 0.2) is 6.20 Å². The van der Waals surface area contributed by atoms with Gasteiger partial charge < -0.3 is 0 Å². The van der Waals surface area contributed by atoms with Crippen molar-refractivity contribution < 1.29 is 5.10 Å². The Kier molecular flexibility index (Phi) is 0.856. The number of aromatic nitrogens is 2.